The molecule has 1 atom stereocenters. The monoisotopic (exact) mass is 338 g/mol. The summed E-state index contributed by atoms with van der Waals surface area (Å²) in [6, 6.07) is 15.0. The van der Waals surface area contributed by atoms with E-state index < -0.39 is 5.63 Å². The quantitative estimate of drug-likeness (QED) is 0.402. The first-order valence-corrected chi connectivity index (χ1v) is 8.80. The van der Waals surface area contributed by atoms with Crippen LogP contribution in [0, 0.1) is 0 Å². The highest BCUT2D eigenvalue weighted by atomic mass is 32.2. The van der Waals surface area contributed by atoms with E-state index in [1.807, 2.05) is 36.6 Å². The van der Waals surface area contributed by atoms with Crippen molar-refractivity contribution in [3.8, 4) is 5.75 Å². The molecule has 0 N–H and O–H groups in total. The van der Waals surface area contributed by atoms with Gasteiger partial charge in [-0.3, -0.25) is 4.79 Å². The third kappa shape index (κ3) is 2.41. The predicted octanol–water partition coefficient (Wildman–Crippen LogP) is 3.96. The van der Waals surface area contributed by atoms with Crippen LogP contribution in [0.15, 0.2) is 62.6 Å². The van der Waals surface area contributed by atoms with Gasteiger partial charge in [-0.25, -0.2) is 4.79 Å². The topological polar surface area (TPSA) is 56.5 Å². The molecule has 0 unspecified atom stereocenters. The van der Waals surface area contributed by atoms with Crippen molar-refractivity contribution in [3.05, 3.63) is 70.1 Å². The second-order valence-corrected chi connectivity index (χ2v) is 6.51. The molecule has 1 aliphatic heterocycles. The zero-order valence-corrected chi connectivity index (χ0v) is 13.8. The second-order valence-electron chi connectivity index (χ2n) is 5.63. The molecule has 1 aromatic heterocycles. The van der Waals surface area contributed by atoms with Gasteiger partial charge in [0.25, 0.3) is 0 Å². The minimum atomic E-state index is -0.449. The molecule has 1 aliphatic rings. The molecular formula is C19H14O4S. The lowest BCUT2D eigenvalue weighted by Gasteiger charge is -2.24. The van der Waals surface area contributed by atoms with Crippen molar-refractivity contribution < 1.29 is 13.9 Å². The smallest absolute Gasteiger partial charge is 0.343 e. The zero-order valence-electron chi connectivity index (χ0n) is 12.9. The Balaban J connectivity index is 1.94. The van der Waals surface area contributed by atoms with Gasteiger partial charge in [-0.05, 0) is 36.1 Å². The van der Waals surface area contributed by atoms with Gasteiger partial charge in [-0.2, -0.15) is 0 Å². The molecule has 5 heteroatoms. The van der Waals surface area contributed by atoms with Crippen LogP contribution in [-0.4, -0.2) is 12.2 Å². The molecule has 0 aliphatic carbocycles. The van der Waals surface area contributed by atoms with E-state index in [1.165, 1.54) is 0 Å². The fourth-order valence-electron chi connectivity index (χ4n) is 3.09. The van der Waals surface area contributed by atoms with Gasteiger partial charge in [0.05, 0.1) is 17.4 Å². The molecule has 0 spiro atoms. The number of esters is 1. The first-order chi connectivity index (χ1) is 11.7. The van der Waals surface area contributed by atoms with Crippen LogP contribution in [-0.2, 0) is 4.79 Å². The van der Waals surface area contributed by atoms with Crippen LogP contribution in [0.4, 0.5) is 0 Å². The summed E-state index contributed by atoms with van der Waals surface area (Å²) in [4.78, 5) is 25.8. The lowest BCUT2D eigenvalue weighted by Crippen LogP contribution is -2.26. The first-order valence-electron chi connectivity index (χ1n) is 7.57. The summed E-state index contributed by atoms with van der Waals surface area (Å²) in [6.07, 6.45) is 2.14. The number of carbonyl (C=O) groups is 1. The van der Waals surface area contributed by atoms with E-state index in [0.717, 1.165) is 10.5 Å². The Hall–Kier alpha value is -2.53. The minimum Gasteiger partial charge on any atom is -0.425 e. The van der Waals surface area contributed by atoms with E-state index in [0.29, 0.717) is 22.3 Å². The maximum Gasteiger partial charge on any atom is 0.343 e. The van der Waals surface area contributed by atoms with Crippen molar-refractivity contribution in [2.75, 3.05) is 6.26 Å². The van der Waals surface area contributed by atoms with Gasteiger partial charge in [-0.1, -0.05) is 24.3 Å². The number of benzene rings is 2. The summed E-state index contributed by atoms with van der Waals surface area (Å²) in [5.74, 6) is -0.354. The SMILES string of the molecule is CSc1ccc([C@@H]2CC(=O)Oc3c2c(=O)oc2ccccc32)cc1. The molecule has 4 nitrogen and oxygen atoms in total. The Labute approximate surface area is 142 Å². The summed E-state index contributed by atoms with van der Waals surface area (Å²) < 4.78 is 10.9. The number of para-hydroxylation sites is 1. The Morgan fingerprint density at radius 3 is 2.54 bits per heavy atom. The van der Waals surface area contributed by atoms with Crippen LogP contribution >= 0.6 is 11.8 Å². The molecule has 24 heavy (non-hydrogen) atoms. The van der Waals surface area contributed by atoms with E-state index in [9.17, 15) is 9.59 Å². The van der Waals surface area contributed by atoms with E-state index in [4.69, 9.17) is 9.15 Å². The summed E-state index contributed by atoms with van der Waals surface area (Å²) in [7, 11) is 0. The van der Waals surface area contributed by atoms with Gasteiger partial charge in [0.1, 0.15) is 5.58 Å². The maximum absolute atomic E-state index is 12.5. The van der Waals surface area contributed by atoms with Crippen molar-refractivity contribution in [2.45, 2.75) is 17.2 Å². The number of ether oxygens (including phenoxy) is 1. The second kappa shape index (κ2) is 5.83. The Morgan fingerprint density at radius 2 is 1.79 bits per heavy atom. The van der Waals surface area contributed by atoms with Gasteiger partial charge in [0.2, 0.25) is 0 Å². The summed E-state index contributed by atoms with van der Waals surface area (Å²) in [6.45, 7) is 0. The Bertz CT molecular complexity index is 988. The number of carbonyl (C=O) groups excluding carboxylic acids is 1. The molecule has 0 radical (unpaired) electrons. The highest BCUT2D eigenvalue weighted by Crippen LogP contribution is 2.40. The van der Waals surface area contributed by atoms with E-state index >= 15 is 0 Å². The highest BCUT2D eigenvalue weighted by Gasteiger charge is 2.33. The number of hydrogen-bond acceptors (Lipinski definition) is 5. The first kappa shape index (κ1) is 15.0. The van der Waals surface area contributed by atoms with Crippen LogP contribution in [0.25, 0.3) is 11.0 Å². The average Bonchev–Trinajstić information content (AvgIpc) is 2.61. The van der Waals surface area contributed by atoms with Gasteiger partial charge in [0, 0.05) is 10.8 Å². The standard InChI is InChI=1S/C19H14O4S/c1-24-12-8-6-11(7-9-12)14-10-16(20)23-18-13-4-2-3-5-15(13)22-19(21)17(14)18/h2-9,14H,10H2,1H3/t14-/m0/s1. The van der Waals surface area contributed by atoms with Crippen LogP contribution in [0.5, 0.6) is 5.75 Å². The van der Waals surface area contributed by atoms with Crippen LogP contribution in [0.1, 0.15) is 23.5 Å². The van der Waals surface area contributed by atoms with Gasteiger partial charge >= 0.3 is 11.6 Å². The fourth-order valence-corrected chi connectivity index (χ4v) is 3.50. The van der Waals surface area contributed by atoms with Crippen molar-refractivity contribution in [1.82, 2.24) is 0 Å². The van der Waals surface area contributed by atoms with Crippen molar-refractivity contribution in [1.29, 1.82) is 0 Å². The largest absolute Gasteiger partial charge is 0.425 e. The van der Waals surface area contributed by atoms with Gasteiger partial charge in [-0.15, -0.1) is 11.8 Å². The average molecular weight is 338 g/mol. The fraction of sp³-hybridized carbons (Fsp3) is 0.158. The van der Waals surface area contributed by atoms with Crippen LogP contribution in [0.2, 0.25) is 0 Å². The van der Waals surface area contributed by atoms with Gasteiger partial charge in [0.15, 0.2) is 5.75 Å². The van der Waals surface area contributed by atoms with Crippen molar-refractivity contribution in [3.63, 3.8) is 0 Å². The number of hydrogen-bond donors (Lipinski definition) is 0. The molecule has 4 rings (SSSR count). The summed E-state index contributed by atoms with van der Waals surface area (Å²) in [5, 5.41) is 0.644. The molecule has 3 aromatic rings. The zero-order chi connectivity index (χ0) is 16.7. The Morgan fingerprint density at radius 1 is 1.04 bits per heavy atom. The number of fused-ring (bicyclic) bond motifs is 3. The van der Waals surface area contributed by atoms with Crippen LogP contribution < -0.4 is 10.4 Å². The predicted molar refractivity (Wildman–Crippen MR) is 92.8 cm³/mol. The molecule has 0 saturated heterocycles. The van der Waals surface area contributed by atoms with Crippen molar-refractivity contribution >= 4 is 28.7 Å². The highest BCUT2D eigenvalue weighted by molar-refractivity contribution is 7.98. The maximum atomic E-state index is 12.5. The van der Waals surface area contributed by atoms with E-state index in [-0.39, 0.29) is 18.3 Å². The molecule has 0 fully saturated rings. The normalized spacial score (nSPS) is 16.7. The lowest BCUT2D eigenvalue weighted by molar-refractivity contribution is -0.135. The molecule has 0 amide bonds. The van der Waals surface area contributed by atoms with Crippen molar-refractivity contribution in [2.24, 2.45) is 0 Å². The van der Waals surface area contributed by atoms with E-state index in [1.54, 1.807) is 30.0 Å². The molecule has 0 bridgehead atoms. The molecule has 2 aromatic carbocycles. The molecule has 120 valence electrons. The summed E-state index contributed by atoms with van der Waals surface area (Å²) >= 11 is 1.64. The minimum absolute atomic E-state index is 0.134. The Kier molecular flexibility index (Phi) is 3.65. The molecule has 0 saturated carbocycles. The summed E-state index contributed by atoms with van der Waals surface area (Å²) in [5.41, 5.74) is 1.31. The third-order valence-electron chi connectivity index (χ3n) is 4.25. The molecule has 2 heterocycles. The van der Waals surface area contributed by atoms with E-state index in [2.05, 4.69) is 0 Å². The number of rotatable bonds is 2. The molecular weight excluding hydrogens is 324 g/mol. The van der Waals surface area contributed by atoms with Crippen LogP contribution in [0.3, 0.4) is 0 Å². The van der Waals surface area contributed by atoms with Gasteiger partial charge < -0.3 is 9.15 Å². The third-order valence-corrected chi connectivity index (χ3v) is 5.00. The lowest BCUT2D eigenvalue weighted by atomic mass is 9.87. The number of thioether (sulfide) groups is 1.